The molecule has 0 aliphatic heterocycles. The summed E-state index contributed by atoms with van der Waals surface area (Å²) in [6.45, 7) is 0. The molecule has 2 rings (SSSR count). The van der Waals surface area contributed by atoms with E-state index in [2.05, 4.69) is 15.0 Å². The van der Waals surface area contributed by atoms with Gasteiger partial charge in [0.25, 0.3) is 0 Å². The van der Waals surface area contributed by atoms with Crippen LogP contribution in [0.3, 0.4) is 0 Å². The van der Waals surface area contributed by atoms with Gasteiger partial charge in [-0.3, -0.25) is 9.97 Å². The molecule has 0 aliphatic rings. The average Bonchev–Trinajstić information content (AvgIpc) is 2.31. The Balaban J connectivity index is 2.22. The second-order valence-corrected chi connectivity index (χ2v) is 2.67. The molecule has 72 valence electrons. The number of hydrogen-bond acceptors (Lipinski definition) is 5. The lowest BCUT2D eigenvalue weighted by atomic mass is 10.3. The van der Waals surface area contributed by atoms with E-state index in [1.54, 1.807) is 12.3 Å². The van der Waals surface area contributed by atoms with E-state index in [4.69, 9.17) is 10.00 Å². The van der Waals surface area contributed by atoms with Crippen molar-refractivity contribution in [1.82, 2.24) is 15.0 Å². The van der Waals surface area contributed by atoms with Gasteiger partial charge in [0.15, 0.2) is 0 Å². The van der Waals surface area contributed by atoms with E-state index in [1.807, 2.05) is 6.07 Å². The second-order valence-electron chi connectivity index (χ2n) is 2.67. The van der Waals surface area contributed by atoms with Gasteiger partial charge in [0, 0.05) is 24.7 Å². The van der Waals surface area contributed by atoms with Crippen molar-refractivity contribution in [1.29, 1.82) is 5.26 Å². The van der Waals surface area contributed by atoms with Crippen LogP contribution in [0.2, 0.25) is 0 Å². The highest BCUT2D eigenvalue weighted by Crippen LogP contribution is 2.17. The van der Waals surface area contributed by atoms with E-state index in [0.717, 1.165) is 0 Å². The Morgan fingerprint density at radius 3 is 2.80 bits per heavy atom. The lowest BCUT2D eigenvalue weighted by Gasteiger charge is -2.02. The van der Waals surface area contributed by atoms with Crippen LogP contribution in [-0.2, 0) is 0 Å². The number of pyridine rings is 1. The third-order valence-electron chi connectivity index (χ3n) is 1.60. The monoisotopic (exact) mass is 198 g/mol. The van der Waals surface area contributed by atoms with Crippen molar-refractivity contribution in [2.24, 2.45) is 0 Å². The molecule has 0 bridgehead atoms. The minimum atomic E-state index is 0.370. The van der Waals surface area contributed by atoms with Crippen molar-refractivity contribution < 1.29 is 4.74 Å². The standard InChI is InChI=1S/C10H6N4O/c11-4-8-3-9(6-13-5-8)15-10-7-12-1-2-14-10/h1-3,5-7H. The topological polar surface area (TPSA) is 71.7 Å². The maximum atomic E-state index is 8.65. The van der Waals surface area contributed by atoms with Crippen LogP contribution in [0.4, 0.5) is 0 Å². The molecule has 0 aliphatic carbocycles. The van der Waals surface area contributed by atoms with E-state index >= 15 is 0 Å². The lowest BCUT2D eigenvalue weighted by molar-refractivity contribution is 0.458. The SMILES string of the molecule is N#Cc1cncc(Oc2cnccn2)c1. The summed E-state index contributed by atoms with van der Waals surface area (Å²) in [5.74, 6) is 0.837. The summed E-state index contributed by atoms with van der Waals surface area (Å²) in [7, 11) is 0. The maximum absolute atomic E-state index is 8.65. The van der Waals surface area contributed by atoms with Crippen molar-refractivity contribution in [2.45, 2.75) is 0 Å². The molecule has 2 aromatic heterocycles. The zero-order valence-electron chi connectivity index (χ0n) is 7.66. The molecule has 0 spiro atoms. The molecule has 0 saturated heterocycles. The number of rotatable bonds is 2. The van der Waals surface area contributed by atoms with Gasteiger partial charge >= 0.3 is 0 Å². The molecule has 0 aromatic carbocycles. The zero-order valence-corrected chi connectivity index (χ0v) is 7.66. The van der Waals surface area contributed by atoms with Gasteiger partial charge in [0.1, 0.15) is 11.8 Å². The van der Waals surface area contributed by atoms with Crippen LogP contribution >= 0.6 is 0 Å². The first-order chi connectivity index (χ1) is 7.38. The maximum Gasteiger partial charge on any atom is 0.237 e. The number of nitriles is 1. The van der Waals surface area contributed by atoms with Gasteiger partial charge < -0.3 is 4.74 Å². The number of hydrogen-bond donors (Lipinski definition) is 0. The molecule has 0 amide bonds. The molecule has 5 nitrogen and oxygen atoms in total. The predicted molar refractivity (Wildman–Crippen MR) is 51.1 cm³/mol. The Morgan fingerprint density at radius 1 is 1.13 bits per heavy atom. The Bertz CT molecular complexity index is 492. The van der Waals surface area contributed by atoms with Gasteiger partial charge in [-0.25, -0.2) is 4.98 Å². The Kier molecular flexibility index (Phi) is 2.52. The average molecular weight is 198 g/mol. The van der Waals surface area contributed by atoms with Gasteiger partial charge in [0.2, 0.25) is 5.88 Å². The Hall–Kier alpha value is -2.48. The van der Waals surface area contributed by atoms with Crippen molar-refractivity contribution in [3.63, 3.8) is 0 Å². The molecule has 0 fully saturated rings. The number of ether oxygens (including phenoxy) is 1. The highest BCUT2D eigenvalue weighted by Gasteiger charge is 1.99. The molecule has 0 radical (unpaired) electrons. The van der Waals surface area contributed by atoms with Gasteiger partial charge in [0.05, 0.1) is 18.0 Å². The van der Waals surface area contributed by atoms with Crippen molar-refractivity contribution >= 4 is 0 Å². The summed E-state index contributed by atoms with van der Waals surface area (Å²) in [6, 6.07) is 3.56. The number of nitrogens with zero attached hydrogens (tertiary/aromatic N) is 4. The van der Waals surface area contributed by atoms with Crippen LogP contribution in [0.25, 0.3) is 0 Å². The minimum Gasteiger partial charge on any atom is -0.436 e. The predicted octanol–water partition coefficient (Wildman–Crippen LogP) is 1.54. The van der Waals surface area contributed by atoms with Gasteiger partial charge in [-0.1, -0.05) is 0 Å². The molecular weight excluding hydrogens is 192 g/mol. The second kappa shape index (κ2) is 4.15. The van der Waals surface area contributed by atoms with Crippen LogP contribution in [0.5, 0.6) is 11.6 Å². The van der Waals surface area contributed by atoms with Crippen LogP contribution in [0.15, 0.2) is 37.1 Å². The van der Waals surface area contributed by atoms with E-state index in [1.165, 1.54) is 24.8 Å². The first-order valence-electron chi connectivity index (χ1n) is 4.17. The highest BCUT2D eigenvalue weighted by atomic mass is 16.5. The van der Waals surface area contributed by atoms with E-state index < -0.39 is 0 Å². The van der Waals surface area contributed by atoms with Gasteiger partial charge in [-0.2, -0.15) is 5.26 Å². The fourth-order valence-electron chi connectivity index (χ4n) is 0.995. The van der Waals surface area contributed by atoms with Gasteiger partial charge in [-0.15, -0.1) is 0 Å². The fraction of sp³-hybridized carbons (Fsp3) is 0. The quantitative estimate of drug-likeness (QED) is 0.731. The van der Waals surface area contributed by atoms with E-state index in [9.17, 15) is 0 Å². The van der Waals surface area contributed by atoms with E-state index in [0.29, 0.717) is 17.2 Å². The summed E-state index contributed by atoms with van der Waals surface area (Å²) in [6.07, 6.45) is 7.53. The van der Waals surface area contributed by atoms with Gasteiger partial charge in [-0.05, 0) is 0 Å². The first kappa shape index (κ1) is 9.09. The zero-order chi connectivity index (χ0) is 10.5. The van der Waals surface area contributed by atoms with E-state index in [-0.39, 0.29) is 0 Å². The molecule has 5 heteroatoms. The first-order valence-corrected chi connectivity index (χ1v) is 4.17. The van der Waals surface area contributed by atoms with Crippen LogP contribution < -0.4 is 4.74 Å². The Morgan fingerprint density at radius 2 is 2.07 bits per heavy atom. The number of aromatic nitrogens is 3. The fourth-order valence-corrected chi connectivity index (χ4v) is 0.995. The highest BCUT2D eigenvalue weighted by molar-refractivity contribution is 5.33. The van der Waals surface area contributed by atoms with Crippen LogP contribution in [-0.4, -0.2) is 15.0 Å². The molecular formula is C10H6N4O. The molecule has 2 heterocycles. The largest absolute Gasteiger partial charge is 0.436 e. The molecule has 0 atom stereocenters. The molecule has 0 unspecified atom stereocenters. The normalized spacial score (nSPS) is 9.27. The summed E-state index contributed by atoms with van der Waals surface area (Å²) in [5, 5.41) is 8.65. The lowest BCUT2D eigenvalue weighted by Crippen LogP contribution is -1.89. The minimum absolute atomic E-state index is 0.370. The van der Waals surface area contributed by atoms with Crippen LogP contribution in [0, 0.1) is 11.3 Å². The summed E-state index contributed by atoms with van der Waals surface area (Å²) < 4.78 is 5.33. The van der Waals surface area contributed by atoms with Crippen molar-refractivity contribution in [3.05, 3.63) is 42.6 Å². The van der Waals surface area contributed by atoms with Crippen molar-refractivity contribution in [2.75, 3.05) is 0 Å². The molecule has 2 aromatic rings. The molecule has 15 heavy (non-hydrogen) atoms. The Labute approximate surface area is 86.0 Å². The summed E-state index contributed by atoms with van der Waals surface area (Å²) in [5.41, 5.74) is 0.441. The summed E-state index contributed by atoms with van der Waals surface area (Å²) >= 11 is 0. The molecule has 0 saturated carbocycles. The molecule has 0 N–H and O–H groups in total. The smallest absolute Gasteiger partial charge is 0.237 e. The third kappa shape index (κ3) is 2.25. The summed E-state index contributed by atoms with van der Waals surface area (Å²) in [4.78, 5) is 11.6. The third-order valence-corrected chi connectivity index (χ3v) is 1.60. The van der Waals surface area contributed by atoms with Crippen molar-refractivity contribution in [3.8, 4) is 17.7 Å². The van der Waals surface area contributed by atoms with Crippen LogP contribution in [0.1, 0.15) is 5.56 Å².